The molecule has 1 aliphatic heterocycles. The van der Waals surface area contributed by atoms with Crippen LogP contribution in [0.3, 0.4) is 0 Å². The highest BCUT2D eigenvalue weighted by Crippen LogP contribution is 2.42. The van der Waals surface area contributed by atoms with E-state index in [0.29, 0.717) is 27.8 Å². The summed E-state index contributed by atoms with van der Waals surface area (Å²) in [7, 11) is 0. The molecule has 2 heterocycles. The SMILES string of the molecule is CC(=O)c1ccc(N2C(=O)c3oc4ccc(Br)cc4c(=O)c3C2c2ccc(C(C)(C)C)cc2)cc1. The lowest BCUT2D eigenvalue weighted by atomic mass is 9.86. The number of halogens is 1. The van der Waals surface area contributed by atoms with Crippen LogP contribution >= 0.6 is 15.9 Å². The molecule has 1 aromatic heterocycles. The summed E-state index contributed by atoms with van der Waals surface area (Å²) in [5, 5.41) is 0.413. The van der Waals surface area contributed by atoms with E-state index in [-0.39, 0.29) is 28.3 Å². The molecule has 176 valence electrons. The normalized spacial score (nSPS) is 15.5. The van der Waals surface area contributed by atoms with Crippen LogP contribution in [0.5, 0.6) is 0 Å². The second-order valence-electron chi connectivity index (χ2n) is 9.87. The van der Waals surface area contributed by atoms with Crippen molar-refractivity contribution in [3.8, 4) is 0 Å². The van der Waals surface area contributed by atoms with Gasteiger partial charge in [0.15, 0.2) is 11.2 Å². The summed E-state index contributed by atoms with van der Waals surface area (Å²) in [5.41, 5.74) is 3.50. The van der Waals surface area contributed by atoms with Gasteiger partial charge in [0.05, 0.1) is 17.0 Å². The van der Waals surface area contributed by atoms with Gasteiger partial charge >= 0.3 is 0 Å². The molecule has 3 aromatic carbocycles. The molecule has 0 saturated carbocycles. The molecule has 0 bridgehead atoms. The zero-order valence-electron chi connectivity index (χ0n) is 19.9. The summed E-state index contributed by atoms with van der Waals surface area (Å²) in [6, 6.07) is 19.4. The van der Waals surface area contributed by atoms with Crippen molar-refractivity contribution in [3.05, 3.63) is 109 Å². The molecular formula is C29H24BrNO4. The Kier molecular flexibility index (Phi) is 5.52. The molecule has 4 aromatic rings. The summed E-state index contributed by atoms with van der Waals surface area (Å²) in [6.45, 7) is 7.91. The second kappa shape index (κ2) is 8.31. The third-order valence-corrected chi connectivity index (χ3v) is 6.97. The van der Waals surface area contributed by atoms with E-state index in [9.17, 15) is 14.4 Å². The first-order chi connectivity index (χ1) is 16.6. The standard InChI is InChI=1S/C29H24BrNO4/c1-16(32)17-7-12-21(13-8-17)31-25(18-5-9-19(10-6-18)29(2,3)4)24-26(33)22-15-20(30)11-14-23(22)35-27(24)28(31)34/h5-15,25H,1-4H3. The number of hydrogen-bond acceptors (Lipinski definition) is 4. The number of amides is 1. The van der Waals surface area contributed by atoms with Crippen LogP contribution in [0, 0.1) is 0 Å². The van der Waals surface area contributed by atoms with Crippen molar-refractivity contribution in [3.63, 3.8) is 0 Å². The molecule has 5 rings (SSSR count). The Hall–Kier alpha value is -3.51. The Morgan fingerprint density at radius 3 is 2.20 bits per heavy atom. The molecule has 1 aliphatic rings. The van der Waals surface area contributed by atoms with Gasteiger partial charge in [-0.3, -0.25) is 19.3 Å². The molecule has 0 fully saturated rings. The van der Waals surface area contributed by atoms with Gasteiger partial charge in [-0.15, -0.1) is 0 Å². The zero-order valence-corrected chi connectivity index (χ0v) is 21.5. The monoisotopic (exact) mass is 529 g/mol. The molecule has 0 spiro atoms. The number of Topliss-reactive ketones (excluding diaryl/α,β-unsaturated/α-hetero) is 1. The predicted molar refractivity (Wildman–Crippen MR) is 140 cm³/mol. The number of nitrogens with zero attached hydrogens (tertiary/aromatic N) is 1. The summed E-state index contributed by atoms with van der Waals surface area (Å²) >= 11 is 3.43. The van der Waals surface area contributed by atoms with Crippen molar-refractivity contribution in [1.82, 2.24) is 0 Å². The van der Waals surface area contributed by atoms with Crippen LogP contribution < -0.4 is 10.3 Å². The number of ketones is 1. The molecule has 0 radical (unpaired) electrons. The van der Waals surface area contributed by atoms with Gasteiger partial charge in [-0.05, 0) is 65.9 Å². The number of hydrogen-bond donors (Lipinski definition) is 0. The highest BCUT2D eigenvalue weighted by molar-refractivity contribution is 9.10. The first kappa shape index (κ1) is 23.2. The van der Waals surface area contributed by atoms with Crippen LogP contribution in [0.2, 0.25) is 0 Å². The van der Waals surface area contributed by atoms with Crippen LogP contribution in [0.4, 0.5) is 5.69 Å². The maximum absolute atomic E-state index is 13.7. The minimum atomic E-state index is -0.658. The fourth-order valence-electron chi connectivity index (χ4n) is 4.55. The van der Waals surface area contributed by atoms with E-state index in [4.69, 9.17) is 4.42 Å². The summed E-state index contributed by atoms with van der Waals surface area (Å²) in [4.78, 5) is 40.8. The second-order valence-corrected chi connectivity index (χ2v) is 10.8. The fraction of sp³-hybridized carbons (Fsp3) is 0.207. The van der Waals surface area contributed by atoms with Crippen LogP contribution in [0.1, 0.15) is 71.3 Å². The van der Waals surface area contributed by atoms with Crippen molar-refractivity contribution >= 4 is 44.3 Å². The first-order valence-electron chi connectivity index (χ1n) is 11.4. The van der Waals surface area contributed by atoms with Crippen molar-refractivity contribution < 1.29 is 14.0 Å². The molecule has 6 heteroatoms. The van der Waals surface area contributed by atoms with Gasteiger partial charge in [-0.1, -0.05) is 61.0 Å². The van der Waals surface area contributed by atoms with Crippen molar-refractivity contribution in [1.29, 1.82) is 0 Å². The Morgan fingerprint density at radius 1 is 0.943 bits per heavy atom. The number of carbonyl (C=O) groups is 2. The highest BCUT2D eigenvalue weighted by atomic mass is 79.9. The number of rotatable bonds is 3. The van der Waals surface area contributed by atoms with Gasteiger partial charge in [-0.2, -0.15) is 0 Å². The van der Waals surface area contributed by atoms with Crippen molar-refractivity contribution in [2.45, 2.75) is 39.2 Å². The number of benzene rings is 3. The number of fused-ring (bicyclic) bond motifs is 2. The number of anilines is 1. The van der Waals surface area contributed by atoms with E-state index in [1.54, 1.807) is 47.4 Å². The lowest BCUT2D eigenvalue weighted by Gasteiger charge is -2.26. The number of carbonyl (C=O) groups excluding carboxylic acids is 2. The van der Waals surface area contributed by atoms with Gasteiger partial charge < -0.3 is 4.42 Å². The van der Waals surface area contributed by atoms with E-state index < -0.39 is 6.04 Å². The smallest absolute Gasteiger partial charge is 0.295 e. The van der Waals surface area contributed by atoms with Crippen molar-refractivity contribution in [2.24, 2.45) is 0 Å². The molecule has 5 nitrogen and oxygen atoms in total. The molecule has 35 heavy (non-hydrogen) atoms. The predicted octanol–water partition coefficient (Wildman–Crippen LogP) is 6.81. The maximum Gasteiger partial charge on any atom is 0.295 e. The van der Waals surface area contributed by atoms with E-state index in [2.05, 4.69) is 36.7 Å². The molecule has 1 amide bonds. The molecule has 0 saturated heterocycles. The van der Waals surface area contributed by atoms with Gasteiger partial charge in [0.1, 0.15) is 5.58 Å². The van der Waals surface area contributed by atoms with Gasteiger partial charge in [0.2, 0.25) is 5.76 Å². The van der Waals surface area contributed by atoms with E-state index in [0.717, 1.165) is 15.6 Å². The van der Waals surface area contributed by atoms with Crippen molar-refractivity contribution in [2.75, 3.05) is 4.90 Å². The largest absolute Gasteiger partial charge is 0.450 e. The van der Waals surface area contributed by atoms with Gasteiger partial charge in [-0.25, -0.2) is 0 Å². The van der Waals surface area contributed by atoms with E-state index >= 15 is 0 Å². The average molecular weight is 530 g/mol. The Morgan fingerprint density at radius 2 is 1.60 bits per heavy atom. The van der Waals surface area contributed by atoms with E-state index in [1.807, 2.05) is 24.3 Å². The molecule has 1 atom stereocenters. The minimum absolute atomic E-state index is 0.0361. The lowest BCUT2D eigenvalue weighted by Crippen LogP contribution is -2.29. The van der Waals surface area contributed by atoms with Crippen LogP contribution in [-0.4, -0.2) is 11.7 Å². The summed E-state index contributed by atoms with van der Waals surface area (Å²) in [5.74, 6) is -0.400. The zero-order chi connectivity index (χ0) is 25.1. The third-order valence-electron chi connectivity index (χ3n) is 6.48. The Bertz CT molecular complexity index is 1540. The molecular weight excluding hydrogens is 506 g/mol. The summed E-state index contributed by atoms with van der Waals surface area (Å²) in [6.07, 6.45) is 0. The Balaban J connectivity index is 1.75. The third kappa shape index (κ3) is 3.92. The molecule has 1 unspecified atom stereocenters. The van der Waals surface area contributed by atoms with Gasteiger partial charge in [0.25, 0.3) is 5.91 Å². The molecule has 0 aliphatic carbocycles. The summed E-state index contributed by atoms with van der Waals surface area (Å²) < 4.78 is 6.78. The molecule has 0 N–H and O–H groups in total. The maximum atomic E-state index is 13.7. The van der Waals surface area contributed by atoms with Gasteiger partial charge in [0, 0.05) is 15.7 Å². The van der Waals surface area contributed by atoms with Crippen LogP contribution in [-0.2, 0) is 5.41 Å². The first-order valence-corrected chi connectivity index (χ1v) is 12.2. The topological polar surface area (TPSA) is 67.6 Å². The lowest BCUT2D eigenvalue weighted by molar-refractivity contribution is 0.0970. The quantitative estimate of drug-likeness (QED) is 0.273. The fourth-order valence-corrected chi connectivity index (χ4v) is 4.91. The van der Waals surface area contributed by atoms with Crippen LogP contribution in [0.25, 0.3) is 11.0 Å². The van der Waals surface area contributed by atoms with Crippen LogP contribution in [0.15, 0.2) is 80.4 Å². The minimum Gasteiger partial charge on any atom is -0.450 e. The van der Waals surface area contributed by atoms with E-state index in [1.165, 1.54) is 6.92 Å². The highest BCUT2D eigenvalue weighted by Gasteiger charge is 2.43. The Labute approximate surface area is 211 Å². The average Bonchev–Trinajstić information content (AvgIpc) is 3.11.